The van der Waals surface area contributed by atoms with Crippen molar-refractivity contribution in [2.75, 3.05) is 12.3 Å². The third kappa shape index (κ3) is 2.41. The molecular formula is C10H10ClF2NO2. The Hall–Kier alpha value is -1.36. The number of nitrogens with two attached hydrogens (primary N) is 1. The highest BCUT2D eigenvalue weighted by Crippen LogP contribution is 2.32. The maximum absolute atomic E-state index is 13.5. The number of carbonyl (C=O) groups excluding carboxylic acids is 1. The topological polar surface area (TPSA) is 52.3 Å². The van der Waals surface area contributed by atoms with Gasteiger partial charge in [0.1, 0.15) is 0 Å². The molecule has 0 heterocycles. The van der Waals surface area contributed by atoms with Gasteiger partial charge in [-0.1, -0.05) is 17.7 Å². The van der Waals surface area contributed by atoms with Crippen molar-refractivity contribution in [2.24, 2.45) is 0 Å². The Morgan fingerprint density at radius 1 is 1.56 bits per heavy atom. The monoisotopic (exact) mass is 249 g/mol. The first-order valence-electron chi connectivity index (χ1n) is 4.50. The molecule has 1 aromatic carbocycles. The minimum atomic E-state index is -3.71. The molecule has 16 heavy (non-hydrogen) atoms. The molecule has 88 valence electrons. The molecule has 0 saturated heterocycles. The third-order valence-corrected chi connectivity index (χ3v) is 2.23. The first-order chi connectivity index (χ1) is 7.39. The summed E-state index contributed by atoms with van der Waals surface area (Å²) in [5, 5.41) is 0.156. The molecule has 0 fully saturated rings. The Balaban J connectivity index is 3.06. The SMILES string of the molecule is CCOC(=O)C(F)(F)c1ccc(Cl)c(N)c1. The summed E-state index contributed by atoms with van der Waals surface area (Å²) < 4.78 is 31.2. The number of benzene rings is 1. The molecule has 0 aromatic heterocycles. The summed E-state index contributed by atoms with van der Waals surface area (Å²) in [5.41, 5.74) is 4.83. The number of rotatable bonds is 3. The van der Waals surface area contributed by atoms with E-state index >= 15 is 0 Å². The summed E-state index contributed by atoms with van der Waals surface area (Å²) in [4.78, 5) is 11.0. The molecule has 1 aromatic rings. The average Bonchev–Trinajstić information content (AvgIpc) is 2.22. The summed E-state index contributed by atoms with van der Waals surface area (Å²) in [6.07, 6.45) is 0. The zero-order chi connectivity index (χ0) is 12.3. The number of anilines is 1. The van der Waals surface area contributed by atoms with Crippen molar-refractivity contribution < 1.29 is 18.3 Å². The minimum Gasteiger partial charge on any atom is -0.461 e. The molecule has 0 radical (unpaired) electrons. The minimum absolute atomic E-state index is 0.0110. The number of carbonyl (C=O) groups is 1. The van der Waals surface area contributed by atoms with Crippen molar-refractivity contribution in [3.05, 3.63) is 28.8 Å². The molecular weight excluding hydrogens is 240 g/mol. The van der Waals surface area contributed by atoms with E-state index in [0.29, 0.717) is 0 Å². The fourth-order valence-corrected chi connectivity index (χ4v) is 1.20. The van der Waals surface area contributed by atoms with Gasteiger partial charge in [0.25, 0.3) is 0 Å². The second kappa shape index (κ2) is 4.65. The molecule has 0 saturated carbocycles. The van der Waals surface area contributed by atoms with E-state index in [1.807, 2.05) is 0 Å². The van der Waals surface area contributed by atoms with Gasteiger partial charge in [-0.25, -0.2) is 4.79 Å². The summed E-state index contributed by atoms with van der Waals surface area (Å²) in [5.74, 6) is -5.31. The zero-order valence-corrected chi connectivity index (χ0v) is 9.22. The second-order valence-corrected chi connectivity index (χ2v) is 3.44. The van der Waals surface area contributed by atoms with E-state index in [-0.39, 0.29) is 17.3 Å². The number of hydrogen-bond donors (Lipinski definition) is 1. The van der Waals surface area contributed by atoms with Crippen LogP contribution in [0, 0.1) is 0 Å². The van der Waals surface area contributed by atoms with E-state index in [9.17, 15) is 13.6 Å². The zero-order valence-electron chi connectivity index (χ0n) is 8.47. The number of alkyl halides is 2. The van der Waals surface area contributed by atoms with Gasteiger partial charge in [-0.05, 0) is 19.1 Å². The van der Waals surface area contributed by atoms with Crippen LogP contribution in [-0.2, 0) is 15.5 Å². The van der Waals surface area contributed by atoms with Crippen LogP contribution in [0.3, 0.4) is 0 Å². The van der Waals surface area contributed by atoms with E-state index in [1.165, 1.54) is 13.0 Å². The van der Waals surface area contributed by atoms with Crippen molar-refractivity contribution in [2.45, 2.75) is 12.8 Å². The van der Waals surface area contributed by atoms with Crippen LogP contribution in [0.15, 0.2) is 18.2 Å². The fourth-order valence-electron chi connectivity index (χ4n) is 1.08. The summed E-state index contributed by atoms with van der Waals surface area (Å²) in [7, 11) is 0. The Kier molecular flexibility index (Phi) is 3.70. The molecule has 0 aliphatic rings. The lowest BCUT2D eigenvalue weighted by Crippen LogP contribution is -2.28. The molecule has 0 amide bonds. The second-order valence-electron chi connectivity index (χ2n) is 3.03. The molecule has 3 nitrogen and oxygen atoms in total. The quantitative estimate of drug-likeness (QED) is 0.662. The van der Waals surface area contributed by atoms with Crippen molar-refractivity contribution in [1.29, 1.82) is 0 Å². The van der Waals surface area contributed by atoms with Crippen LogP contribution < -0.4 is 5.73 Å². The van der Waals surface area contributed by atoms with E-state index < -0.39 is 17.5 Å². The van der Waals surface area contributed by atoms with Gasteiger partial charge in [-0.3, -0.25) is 0 Å². The molecule has 0 atom stereocenters. The highest BCUT2D eigenvalue weighted by molar-refractivity contribution is 6.33. The largest absolute Gasteiger partial charge is 0.461 e. The maximum atomic E-state index is 13.5. The van der Waals surface area contributed by atoms with Gasteiger partial charge >= 0.3 is 11.9 Å². The summed E-state index contributed by atoms with van der Waals surface area (Å²) in [6.45, 7) is 1.34. The molecule has 2 N–H and O–H groups in total. The van der Waals surface area contributed by atoms with E-state index in [0.717, 1.165) is 12.1 Å². The van der Waals surface area contributed by atoms with E-state index in [2.05, 4.69) is 4.74 Å². The van der Waals surface area contributed by atoms with Crippen LogP contribution in [0.4, 0.5) is 14.5 Å². The van der Waals surface area contributed by atoms with Crippen LogP contribution in [0.25, 0.3) is 0 Å². The first-order valence-corrected chi connectivity index (χ1v) is 4.88. The van der Waals surface area contributed by atoms with Crippen LogP contribution in [0.1, 0.15) is 12.5 Å². The van der Waals surface area contributed by atoms with Crippen LogP contribution in [-0.4, -0.2) is 12.6 Å². The number of hydrogen-bond acceptors (Lipinski definition) is 3. The molecule has 0 bridgehead atoms. The van der Waals surface area contributed by atoms with Gasteiger partial charge < -0.3 is 10.5 Å². The predicted octanol–water partition coefficient (Wildman–Crippen LogP) is 2.58. The molecule has 0 spiro atoms. The predicted molar refractivity (Wildman–Crippen MR) is 56.4 cm³/mol. The van der Waals surface area contributed by atoms with Crippen LogP contribution in [0.2, 0.25) is 5.02 Å². The molecule has 6 heteroatoms. The van der Waals surface area contributed by atoms with Gasteiger partial charge in [0.2, 0.25) is 0 Å². The summed E-state index contributed by atoms with van der Waals surface area (Å²) in [6, 6.07) is 3.20. The van der Waals surface area contributed by atoms with Gasteiger partial charge in [-0.15, -0.1) is 0 Å². The number of ether oxygens (including phenoxy) is 1. The average molecular weight is 250 g/mol. The van der Waals surface area contributed by atoms with Crippen molar-refractivity contribution >= 4 is 23.3 Å². The van der Waals surface area contributed by atoms with Gasteiger partial charge in [0, 0.05) is 5.56 Å². The Morgan fingerprint density at radius 2 is 2.19 bits per heavy atom. The Morgan fingerprint density at radius 3 is 2.69 bits per heavy atom. The maximum Gasteiger partial charge on any atom is 0.381 e. The smallest absolute Gasteiger partial charge is 0.381 e. The molecule has 0 unspecified atom stereocenters. The lowest BCUT2D eigenvalue weighted by Gasteiger charge is -2.15. The van der Waals surface area contributed by atoms with Crippen molar-refractivity contribution in [1.82, 2.24) is 0 Å². The normalized spacial score (nSPS) is 11.2. The molecule has 0 aliphatic carbocycles. The summed E-state index contributed by atoms with van der Waals surface area (Å²) >= 11 is 5.59. The van der Waals surface area contributed by atoms with Gasteiger partial charge in [0.15, 0.2) is 0 Å². The fraction of sp³-hybridized carbons (Fsp3) is 0.300. The number of esters is 1. The van der Waals surface area contributed by atoms with Crippen molar-refractivity contribution in [3.8, 4) is 0 Å². The van der Waals surface area contributed by atoms with E-state index in [4.69, 9.17) is 17.3 Å². The molecule has 1 rings (SSSR count). The van der Waals surface area contributed by atoms with Crippen LogP contribution in [0.5, 0.6) is 0 Å². The molecule has 0 aliphatic heterocycles. The van der Waals surface area contributed by atoms with Gasteiger partial charge in [0.05, 0.1) is 17.3 Å². The standard InChI is InChI=1S/C10H10ClF2NO2/c1-2-16-9(15)10(12,13)6-3-4-7(11)8(14)5-6/h3-5H,2,14H2,1H3. The lowest BCUT2D eigenvalue weighted by molar-refractivity contribution is -0.173. The lowest BCUT2D eigenvalue weighted by atomic mass is 10.1. The number of nitrogen functional groups attached to an aromatic ring is 1. The highest BCUT2D eigenvalue weighted by atomic mass is 35.5. The first kappa shape index (κ1) is 12.7. The van der Waals surface area contributed by atoms with E-state index in [1.54, 1.807) is 0 Å². The third-order valence-electron chi connectivity index (χ3n) is 1.89. The van der Waals surface area contributed by atoms with Gasteiger partial charge in [-0.2, -0.15) is 8.78 Å². The number of halogens is 3. The van der Waals surface area contributed by atoms with Crippen LogP contribution >= 0.6 is 11.6 Å². The Bertz CT molecular complexity index is 410. The highest BCUT2D eigenvalue weighted by Gasteiger charge is 2.42. The Labute approximate surface area is 96.1 Å². The van der Waals surface area contributed by atoms with Crippen molar-refractivity contribution in [3.63, 3.8) is 0 Å².